The minimum Gasteiger partial charge on any atom is -0.482 e. The first-order valence-electron chi connectivity index (χ1n) is 7.96. The number of carbonyl (C=O) groups excluding carboxylic acids is 2. The molecule has 0 fully saturated rings. The van der Waals surface area contributed by atoms with Crippen LogP contribution in [-0.2, 0) is 4.79 Å². The van der Waals surface area contributed by atoms with Crippen molar-refractivity contribution in [2.45, 2.75) is 0 Å². The van der Waals surface area contributed by atoms with Crippen LogP contribution in [0.2, 0.25) is 0 Å². The highest BCUT2D eigenvalue weighted by Crippen LogP contribution is 2.28. The van der Waals surface area contributed by atoms with E-state index >= 15 is 0 Å². The molecule has 0 unspecified atom stereocenters. The summed E-state index contributed by atoms with van der Waals surface area (Å²) in [4.78, 5) is 23.8. The largest absolute Gasteiger partial charge is 0.482 e. The van der Waals surface area contributed by atoms with Gasteiger partial charge in [0.1, 0.15) is 11.4 Å². The molecule has 26 heavy (non-hydrogen) atoms. The SMILES string of the molecule is O=C1COc2ccc(C(=O)/C=C\c3cn(-c4ccccc4)nn3)cc2N1. The summed E-state index contributed by atoms with van der Waals surface area (Å²) in [5.74, 6) is 0.105. The Labute approximate surface area is 148 Å². The van der Waals surface area contributed by atoms with Gasteiger partial charge in [-0.2, -0.15) is 0 Å². The standard InChI is InChI=1S/C19H14N4O3/c24-17(13-6-9-18-16(10-13)20-19(25)12-26-18)8-7-14-11-23(22-21-14)15-4-2-1-3-5-15/h1-11H,12H2,(H,20,25)/b8-7-. The molecule has 2 aromatic carbocycles. The molecule has 0 bridgehead atoms. The number of benzene rings is 2. The maximum atomic E-state index is 12.4. The van der Waals surface area contributed by atoms with Gasteiger partial charge < -0.3 is 10.1 Å². The number of anilines is 1. The fourth-order valence-electron chi connectivity index (χ4n) is 2.55. The molecule has 0 radical (unpaired) electrons. The Hall–Kier alpha value is -3.74. The maximum Gasteiger partial charge on any atom is 0.262 e. The molecule has 0 spiro atoms. The normalized spacial score (nSPS) is 13.2. The first-order chi connectivity index (χ1) is 12.7. The molecule has 2 heterocycles. The molecule has 4 rings (SSSR count). The highest BCUT2D eigenvalue weighted by molar-refractivity contribution is 6.08. The van der Waals surface area contributed by atoms with Crippen molar-refractivity contribution in [3.8, 4) is 11.4 Å². The van der Waals surface area contributed by atoms with E-state index in [0.717, 1.165) is 5.69 Å². The number of nitrogens with one attached hydrogen (secondary N) is 1. The van der Waals surface area contributed by atoms with Crippen LogP contribution in [0.3, 0.4) is 0 Å². The van der Waals surface area contributed by atoms with Crippen LogP contribution in [0.1, 0.15) is 16.1 Å². The number of amides is 1. The molecule has 7 heteroatoms. The quantitative estimate of drug-likeness (QED) is 0.579. The van der Waals surface area contributed by atoms with E-state index in [1.54, 1.807) is 35.2 Å². The van der Waals surface area contributed by atoms with E-state index in [-0.39, 0.29) is 18.3 Å². The minimum atomic E-state index is -0.241. The number of allylic oxidation sites excluding steroid dienone is 1. The summed E-state index contributed by atoms with van der Waals surface area (Å²) in [7, 11) is 0. The number of hydrogen-bond acceptors (Lipinski definition) is 5. The molecule has 1 N–H and O–H groups in total. The highest BCUT2D eigenvalue weighted by Gasteiger charge is 2.17. The summed E-state index contributed by atoms with van der Waals surface area (Å²) >= 11 is 0. The molecule has 0 saturated heterocycles. The Morgan fingerprint density at radius 3 is 2.88 bits per heavy atom. The smallest absolute Gasteiger partial charge is 0.262 e. The Morgan fingerprint density at radius 1 is 1.19 bits per heavy atom. The molecular formula is C19H14N4O3. The van der Waals surface area contributed by atoms with Gasteiger partial charge in [0.05, 0.1) is 17.6 Å². The van der Waals surface area contributed by atoms with E-state index < -0.39 is 0 Å². The van der Waals surface area contributed by atoms with Gasteiger partial charge in [-0.3, -0.25) is 9.59 Å². The summed E-state index contributed by atoms with van der Waals surface area (Å²) in [6.45, 7) is -0.0166. The molecule has 0 atom stereocenters. The zero-order valence-corrected chi connectivity index (χ0v) is 13.6. The van der Waals surface area contributed by atoms with Crippen LogP contribution >= 0.6 is 0 Å². The van der Waals surface area contributed by atoms with Crippen LogP contribution in [0.4, 0.5) is 5.69 Å². The van der Waals surface area contributed by atoms with Crippen LogP contribution in [0.15, 0.2) is 60.8 Å². The van der Waals surface area contributed by atoms with Gasteiger partial charge in [-0.1, -0.05) is 23.4 Å². The number of ketones is 1. The van der Waals surface area contributed by atoms with E-state index in [4.69, 9.17) is 4.74 Å². The van der Waals surface area contributed by atoms with Crippen molar-refractivity contribution in [1.82, 2.24) is 15.0 Å². The van der Waals surface area contributed by atoms with Crippen molar-refractivity contribution in [3.05, 3.63) is 72.1 Å². The van der Waals surface area contributed by atoms with Crippen molar-refractivity contribution in [1.29, 1.82) is 0 Å². The van der Waals surface area contributed by atoms with E-state index in [1.807, 2.05) is 30.3 Å². The van der Waals surface area contributed by atoms with Crippen LogP contribution in [0, 0.1) is 0 Å². The predicted molar refractivity (Wildman–Crippen MR) is 95.3 cm³/mol. The summed E-state index contributed by atoms with van der Waals surface area (Å²) in [5.41, 5.74) is 2.39. The third-order valence-corrected chi connectivity index (χ3v) is 3.83. The second-order valence-corrected chi connectivity index (χ2v) is 5.67. The summed E-state index contributed by atoms with van der Waals surface area (Å²) in [6.07, 6.45) is 4.76. The Bertz CT molecular complexity index is 1010. The average Bonchev–Trinajstić information content (AvgIpc) is 3.15. The number of fused-ring (bicyclic) bond motifs is 1. The van der Waals surface area contributed by atoms with Crippen molar-refractivity contribution < 1.29 is 14.3 Å². The number of aromatic nitrogens is 3. The fraction of sp³-hybridized carbons (Fsp3) is 0.0526. The Morgan fingerprint density at radius 2 is 2.04 bits per heavy atom. The zero-order valence-electron chi connectivity index (χ0n) is 13.6. The molecule has 1 aliphatic rings. The van der Waals surface area contributed by atoms with Crippen LogP contribution in [-0.4, -0.2) is 33.3 Å². The average molecular weight is 346 g/mol. The van der Waals surface area contributed by atoms with Gasteiger partial charge in [0.2, 0.25) is 0 Å². The molecule has 0 aliphatic carbocycles. The van der Waals surface area contributed by atoms with E-state index in [0.29, 0.717) is 22.7 Å². The van der Waals surface area contributed by atoms with Crippen LogP contribution in [0.25, 0.3) is 11.8 Å². The van der Waals surface area contributed by atoms with E-state index in [2.05, 4.69) is 15.6 Å². The fourth-order valence-corrected chi connectivity index (χ4v) is 2.55. The van der Waals surface area contributed by atoms with Crippen molar-refractivity contribution >= 4 is 23.5 Å². The summed E-state index contributed by atoms with van der Waals surface area (Å²) in [5, 5.41) is 10.8. The number of para-hydroxylation sites is 1. The van der Waals surface area contributed by atoms with Crippen molar-refractivity contribution in [2.75, 3.05) is 11.9 Å². The van der Waals surface area contributed by atoms with Gasteiger partial charge in [0.25, 0.3) is 5.91 Å². The minimum absolute atomic E-state index is 0.0166. The predicted octanol–water partition coefficient (Wildman–Crippen LogP) is 2.49. The Kier molecular flexibility index (Phi) is 4.03. The molecule has 1 aliphatic heterocycles. The third-order valence-electron chi connectivity index (χ3n) is 3.83. The lowest BCUT2D eigenvalue weighted by Crippen LogP contribution is -2.25. The second kappa shape index (κ2) is 6.64. The topological polar surface area (TPSA) is 86.1 Å². The lowest BCUT2D eigenvalue weighted by atomic mass is 10.1. The number of ether oxygens (including phenoxy) is 1. The first kappa shape index (κ1) is 15.8. The maximum absolute atomic E-state index is 12.4. The van der Waals surface area contributed by atoms with E-state index in [9.17, 15) is 9.59 Å². The van der Waals surface area contributed by atoms with Crippen molar-refractivity contribution in [2.24, 2.45) is 0 Å². The first-order valence-corrected chi connectivity index (χ1v) is 7.96. The van der Waals surface area contributed by atoms with Gasteiger partial charge in [-0.15, -0.1) is 5.10 Å². The number of rotatable bonds is 4. The van der Waals surface area contributed by atoms with Crippen LogP contribution < -0.4 is 10.1 Å². The number of nitrogens with zero attached hydrogens (tertiary/aromatic N) is 3. The third kappa shape index (κ3) is 3.23. The second-order valence-electron chi connectivity index (χ2n) is 5.67. The monoisotopic (exact) mass is 346 g/mol. The molecule has 1 amide bonds. The molecular weight excluding hydrogens is 332 g/mol. The van der Waals surface area contributed by atoms with Crippen molar-refractivity contribution in [3.63, 3.8) is 0 Å². The van der Waals surface area contributed by atoms with Crippen LogP contribution in [0.5, 0.6) is 5.75 Å². The van der Waals surface area contributed by atoms with Gasteiger partial charge in [-0.25, -0.2) is 4.68 Å². The lowest BCUT2D eigenvalue weighted by molar-refractivity contribution is -0.118. The Balaban J connectivity index is 1.51. The number of hydrogen-bond donors (Lipinski definition) is 1. The van der Waals surface area contributed by atoms with Gasteiger partial charge >= 0.3 is 0 Å². The number of carbonyl (C=O) groups is 2. The van der Waals surface area contributed by atoms with Gasteiger partial charge in [-0.05, 0) is 42.5 Å². The molecule has 7 nitrogen and oxygen atoms in total. The molecule has 0 saturated carbocycles. The molecule has 1 aromatic heterocycles. The molecule has 3 aromatic rings. The summed E-state index contributed by atoms with van der Waals surface area (Å²) in [6, 6.07) is 14.5. The van der Waals surface area contributed by atoms with Gasteiger partial charge in [0.15, 0.2) is 12.4 Å². The molecule has 128 valence electrons. The van der Waals surface area contributed by atoms with Gasteiger partial charge in [0, 0.05) is 5.56 Å². The van der Waals surface area contributed by atoms with E-state index in [1.165, 1.54) is 6.08 Å². The lowest BCUT2D eigenvalue weighted by Gasteiger charge is -2.17. The zero-order chi connectivity index (χ0) is 17.9. The summed E-state index contributed by atoms with van der Waals surface area (Å²) < 4.78 is 6.92. The highest BCUT2D eigenvalue weighted by atomic mass is 16.5.